The second-order valence-electron chi connectivity index (χ2n) is 4.43. The molecule has 1 N–H and O–H groups in total. The minimum absolute atomic E-state index is 0.821. The summed E-state index contributed by atoms with van der Waals surface area (Å²) in [4.78, 5) is 1.38. The van der Waals surface area contributed by atoms with Gasteiger partial charge in [0.2, 0.25) is 0 Å². The van der Waals surface area contributed by atoms with Crippen molar-refractivity contribution in [1.29, 1.82) is 0 Å². The van der Waals surface area contributed by atoms with Gasteiger partial charge in [0.1, 0.15) is 5.82 Å². The minimum Gasteiger partial charge on any atom is -0.368 e. The fourth-order valence-corrected chi connectivity index (χ4v) is 2.67. The molecule has 3 nitrogen and oxygen atoms in total. The molecule has 0 unspecified atom stereocenters. The molecule has 0 amide bonds. The average Bonchev–Trinajstić information content (AvgIpc) is 3.02. The van der Waals surface area contributed by atoms with Gasteiger partial charge < -0.3 is 5.32 Å². The second-order valence-corrected chi connectivity index (χ2v) is 5.46. The Morgan fingerprint density at radius 2 is 1.80 bits per heavy atom. The minimum atomic E-state index is 0.821. The highest BCUT2D eigenvalue weighted by atomic mass is 32.1. The molecule has 0 fully saturated rings. The molecule has 0 aliphatic heterocycles. The highest BCUT2D eigenvalue weighted by Gasteiger charge is 2.00. The van der Waals surface area contributed by atoms with E-state index in [4.69, 9.17) is 0 Å². The van der Waals surface area contributed by atoms with Gasteiger partial charge in [0, 0.05) is 17.0 Å². The van der Waals surface area contributed by atoms with E-state index in [1.165, 1.54) is 4.88 Å². The molecule has 0 atom stereocenters. The van der Waals surface area contributed by atoms with E-state index in [1.54, 1.807) is 11.3 Å². The largest absolute Gasteiger partial charge is 0.368 e. The Kier molecular flexibility index (Phi) is 4.04. The number of thiophene rings is 1. The fourth-order valence-electron chi connectivity index (χ4n) is 1.96. The van der Waals surface area contributed by atoms with E-state index in [-0.39, 0.29) is 0 Å². The summed E-state index contributed by atoms with van der Waals surface area (Å²) in [5.74, 6) is 0.821. The van der Waals surface area contributed by atoms with Crippen LogP contribution in [-0.2, 0) is 6.42 Å². The fraction of sp³-hybridized carbons (Fsp3) is 0.125. The first-order chi connectivity index (χ1) is 9.92. The van der Waals surface area contributed by atoms with E-state index in [9.17, 15) is 0 Å². The Morgan fingerprint density at radius 3 is 2.50 bits per heavy atom. The van der Waals surface area contributed by atoms with E-state index in [0.29, 0.717) is 0 Å². The van der Waals surface area contributed by atoms with Crippen LogP contribution in [-0.4, -0.2) is 16.7 Å². The molecule has 2 aromatic heterocycles. The predicted octanol–water partition coefficient (Wildman–Crippen LogP) is 3.86. The Balaban J connectivity index is 1.59. The summed E-state index contributed by atoms with van der Waals surface area (Å²) in [6.07, 6.45) is 1.01. The van der Waals surface area contributed by atoms with E-state index < -0.39 is 0 Å². The molecule has 3 aromatic rings. The van der Waals surface area contributed by atoms with Crippen molar-refractivity contribution < 1.29 is 0 Å². The first kappa shape index (κ1) is 12.8. The van der Waals surface area contributed by atoms with E-state index in [2.05, 4.69) is 33.0 Å². The second kappa shape index (κ2) is 6.30. The standard InChI is InChI=1S/C16H15N3S/c1-2-5-13(6-3-1)15-8-9-16(19-18-15)17-11-10-14-7-4-12-20-14/h1-9,12H,10-11H2,(H,17,19). The zero-order valence-corrected chi connectivity index (χ0v) is 11.8. The van der Waals surface area contributed by atoms with Crippen molar-refractivity contribution in [3.63, 3.8) is 0 Å². The van der Waals surface area contributed by atoms with Crippen molar-refractivity contribution in [2.45, 2.75) is 6.42 Å². The Hall–Kier alpha value is -2.20. The molecule has 0 spiro atoms. The van der Waals surface area contributed by atoms with Gasteiger partial charge >= 0.3 is 0 Å². The van der Waals surface area contributed by atoms with Crippen LogP contribution in [0.2, 0.25) is 0 Å². The summed E-state index contributed by atoms with van der Waals surface area (Å²) in [6.45, 7) is 0.875. The van der Waals surface area contributed by atoms with Crippen molar-refractivity contribution in [2.24, 2.45) is 0 Å². The summed E-state index contributed by atoms with van der Waals surface area (Å²) in [5.41, 5.74) is 1.99. The maximum absolute atomic E-state index is 4.25. The summed E-state index contributed by atoms with van der Waals surface area (Å²) >= 11 is 1.78. The number of aromatic nitrogens is 2. The summed E-state index contributed by atoms with van der Waals surface area (Å²) in [5, 5.41) is 13.9. The summed E-state index contributed by atoms with van der Waals surface area (Å²) in [6, 6.07) is 18.3. The Labute approximate surface area is 122 Å². The van der Waals surface area contributed by atoms with Crippen LogP contribution in [0.3, 0.4) is 0 Å². The maximum atomic E-state index is 4.25. The molecule has 0 bridgehead atoms. The quantitative estimate of drug-likeness (QED) is 0.771. The van der Waals surface area contributed by atoms with Crippen LogP contribution in [0.25, 0.3) is 11.3 Å². The van der Waals surface area contributed by atoms with Gasteiger partial charge in [0.05, 0.1) is 5.69 Å². The van der Waals surface area contributed by atoms with Gasteiger partial charge in [-0.1, -0.05) is 36.4 Å². The third-order valence-corrected chi connectivity index (χ3v) is 3.93. The number of nitrogens with zero attached hydrogens (tertiary/aromatic N) is 2. The number of benzene rings is 1. The van der Waals surface area contributed by atoms with Gasteiger partial charge in [0.15, 0.2) is 0 Å². The Bertz CT molecular complexity index is 633. The van der Waals surface area contributed by atoms with Crippen molar-refractivity contribution in [3.8, 4) is 11.3 Å². The van der Waals surface area contributed by atoms with Crippen molar-refractivity contribution in [1.82, 2.24) is 10.2 Å². The highest BCUT2D eigenvalue weighted by molar-refractivity contribution is 7.09. The number of rotatable bonds is 5. The predicted molar refractivity (Wildman–Crippen MR) is 84.0 cm³/mol. The van der Waals surface area contributed by atoms with Crippen LogP contribution in [0.15, 0.2) is 60.0 Å². The molecule has 0 aliphatic rings. The summed E-state index contributed by atoms with van der Waals surface area (Å²) in [7, 11) is 0. The highest BCUT2D eigenvalue weighted by Crippen LogP contribution is 2.16. The lowest BCUT2D eigenvalue weighted by Gasteiger charge is -2.05. The van der Waals surface area contributed by atoms with Crippen molar-refractivity contribution >= 4 is 17.2 Å². The molecule has 0 aliphatic carbocycles. The molecule has 0 saturated carbocycles. The van der Waals surface area contributed by atoms with Gasteiger partial charge in [-0.2, -0.15) is 0 Å². The van der Waals surface area contributed by atoms with Crippen molar-refractivity contribution in [3.05, 3.63) is 64.9 Å². The maximum Gasteiger partial charge on any atom is 0.148 e. The molecule has 4 heteroatoms. The molecule has 100 valence electrons. The molecule has 0 saturated heterocycles. The van der Waals surface area contributed by atoms with Crippen LogP contribution in [0.4, 0.5) is 5.82 Å². The monoisotopic (exact) mass is 281 g/mol. The van der Waals surface area contributed by atoms with Crippen molar-refractivity contribution in [2.75, 3.05) is 11.9 Å². The van der Waals surface area contributed by atoms with E-state index >= 15 is 0 Å². The SMILES string of the molecule is c1ccc(-c2ccc(NCCc3cccs3)nn2)cc1. The van der Waals surface area contributed by atoms with Gasteiger partial charge in [-0.3, -0.25) is 0 Å². The lowest BCUT2D eigenvalue weighted by Crippen LogP contribution is -2.06. The number of hydrogen-bond donors (Lipinski definition) is 1. The number of hydrogen-bond acceptors (Lipinski definition) is 4. The first-order valence-electron chi connectivity index (χ1n) is 6.57. The van der Waals surface area contributed by atoms with Gasteiger partial charge in [0.25, 0.3) is 0 Å². The molecule has 0 radical (unpaired) electrons. The zero-order valence-electron chi connectivity index (χ0n) is 11.0. The van der Waals surface area contributed by atoms with Gasteiger partial charge in [-0.25, -0.2) is 0 Å². The molecule has 1 aromatic carbocycles. The first-order valence-corrected chi connectivity index (χ1v) is 7.45. The van der Waals surface area contributed by atoms with Crippen LogP contribution < -0.4 is 5.32 Å². The van der Waals surface area contributed by atoms with Crippen LogP contribution >= 0.6 is 11.3 Å². The molecule has 3 rings (SSSR count). The smallest absolute Gasteiger partial charge is 0.148 e. The lowest BCUT2D eigenvalue weighted by molar-refractivity contribution is 0.980. The van der Waals surface area contributed by atoms with E-state index in [1.807, 2.05) is 42.5 Å². The van der Waals surface area contributed by atoms with Gasteiger partial charge in [-0.05, 0) is 30.0 Å². The number of anilines is 1. The summed E-state index contributed by atoms with van der Waals surface area (Å²) < 4.78 is 0. The normalized spacial score (nSPS) is 10.4. The molecular weight excluding hydrogens is 266 g/mol. The Morgan fingerprint density at radius 1 is 0.900 bits per heavy atom. The van der Waals surface area contributed by atoms with E-state index in [0.717, 1.165) is 30.0 Å². The van der Waals surface area contributed by atoms with Crippen LogP contribution in [0, 0.1) is 0 Å². The average molecular weight is 281 g/mol. The lowest BCUT2D eigenvalue weighted by atomic mass is 10.1. The third kappa shape index (κ3) is 3.22. The molecule has 2 heterocycles. The topological polar surface area (TPSA) is 37.8 Å². The third-order valence-electron chi connectivity index (χ3n) is 2.99. The van der Waals surface area contributed by atoms with Gasteiger partial charge in [-0.15, -0.1) is 21.5 Å². The molecule has 20 heavy (non-hydrogen) atoms. The van der Waals surface area contributed by atoms with Crippen LogP contribution in [0.5, 0.6) is 0 Å². The van der Waals surface area contributed by atoms with Crippen LogP contribution in [0.1, 0.15) is 4.88 Å². The molecular formula is C16H15N3S. The zero-order chi connectivity index (χ0) is 13.6. The number of nitrogens with one attached hydrogen (secondary N) is 1.